The number of nitrogen functional groups attached to an aromatic ring is 2. The summed E-state index contributed by atoms with van der Waals surface area (Å²) in [6, 6.07) is 38.7. The molecule has 0 aliphatic carbocycles. The molecule has 0 radical (unpaired) electrons. The van der Waals surface area contributed by atoms with Gasteiger partial charge in [-0.05, 0) is 18.2 Å². The molecule has 3 aromatic heterocycles. The van der Waals surface area contributed by atoms with Crippen LogP contribution in [0.2, 0.25) is 0 Å². The summed E-state index contributed by atoms with van der Waals surface area (Å²) in [6.07, 6.45) is 0. The number of aromatic nitrogens is 3. The number of rotatable bonds is 4. The number of hydrogen-bond acceptors (Lipinski definition) is 5. The Bertz CT molecular complexity index is 1880. The number of nitrogens with zero attached hydrogens (tertiary/aromatic N) is 3. The van der Waals surface area contributed by atoms with Gasteiger partial charge in [0.15, 0.2) is 0 Å². The highest BCUT2D eigenvalue weighted by atomic mass is 32.1. The van der Waals surface area contributed by atoms with Gasteiger partial charge in [-0.2, -0.15) is 0 Å². The molecule has 0 bridgehead atoms. The molecule has 0 saturated carbocycles. The molecule has 0 saturated heterocycles. The smallest absolute Gasteiger partial charge is 0.235 e. The highest BCUT2D eigenvalue weighted by Crippen LogP contribution is 2.47. The van der Waals surface area contributed by atoms with Gasteiger partial charge in [0.05, 0.1) is 33.3 Å². The number of nitrogens with two attached hydrogens (primary N) is 2. The van der Waals surface area contributed by atoms with E-state index < -0.39 is 0 Å². The molecule has 7 rings (SSSR count). The third kappa shape index (κ3) is 3.54. The van der Waals surface area contributed by atoms with Gasteiger partial charge in [-0.3, -0.25) is 4.57 Å². The van der Waals surface area contributed by atoms with Gasteiger partial charge in [0, 0.05) is 32.2 Å². The molecule has 4 N–H and O–H groups in total. The van der Waals surface area contributed by atoms with Crippen LogP contribution in [-0.4, -0.2) is 14.5 Å². The highest BCUT2D eigenvalue weighted by Gasteiger charge is 2.25. The first-order chi connectivity index (χ1) is 18.7. The SMILES string of the molecule is Nc1sc2ccccc2c1-c1c(N)c2ccccc2n1-c1nc(-c2ccccc2)cc(-c2ccccc2)n1. The second kappa shape index (κ2) is 8.87. The van der Waals surface area contributed by atoms with E-state index in [0.717, 1.165) is 54.8 Å². The zero-order chi connectivity index (χ0) is 25.6. The lowest BCUT2D eigenvalue weighted by atomic mass is 10.1. The Kier molecular flexibility index (Phi) is 5.20. The molecule has 0 unspecified atom stereocenters. The van der Waals surface area contributed by atoms with E-state index in [1.54, 1.807) is 11.3 Å². The lowest BCUT2D eigenvalue weighted by molar-refractivity contribution is 0.976. The van der Waals surface area contributed by atoms with Crippen molar-refractivity contribution in [1.82, 2.24) is 14.5 Å². The van der Waals surface area contributed by atoms with Gasteiger partial charge in [0.1, 0.15) is 0 Å². The summed E-state index contributed by atoms with van der Waals surface area (Å²) < 4.78 is 3.18. The van der Waals surface area contributed by atoms with E-state index in [9.17, 15) is 0 Å². The molecule has 7 aromatic rings. The number of hydrogen-bond donors (Lipinski definition) is 2. The average molecular weight is 510 g/mol. The van der Waals surface area contributed by atoms with E-state index in [4.69, 9.17) is 21.4 Å². The van der Waals surface area contributed by atoms with Crippen molar-refractivity contribution in [3.63, 3.8) is 0 Å². The number of para-hydroxylation sites is 1. The molecule has 38 heavy (non-hydrogen) atoms. The minimum atomic E-state index is 0.544. The van der Waals surface area contributed by atoms with Crippen LogP contribution in [0, 0.1) is 0 Å². The zero-order valence-electron chi connectivity index (χ0n) is 20.4. The minimum Gasteiger partial charge on any atom is -0.396 e. The first kappa shape index (κ1) is 22.3. The molecule has 5 nitrogen and oxygen atoms in total. The standard InChI is InChI=1S/C32H23N5S/c33-29-22-15-7-9-17-26(22)37(30(29)28-23-16-8-10-18-27(23)38-31(28)34)32-35-24(20-11-3-1-4-12-20)19-25(36-32)21-13-5-2-6-14-21/h1-19H,33-34H2. The summed E-state index contributed by atoms with van der Waals surface area (Å²) in [5.41, 5.74) is 20.6. The second-order valence-corrected chi connectivity index (χ2v) is 10.2. The molecule has 0 spiro atoms. The second-order valence-electron chi connectivity index (χ2n) is 9.12. The fourth-order valence-electron chi connectivity index (χ4n) is 5.08. The van der Waals surface area contributed by atoms with Crippen LogP contribution in [0.3, 0.4) is 0 Å². The normalized spacial score (nSPS) is 11.4. The molecule has 6 heteroatoms. The first-order valence-corrected chi connectivity index (χ1v) is 13.2. The Morgan fingerprint density at radius 1 is 0.605 bits per heavy atom. The summed E-state index contributed by atoms with van der Waals surface area (Å²) in [6.45, 7) is 0. The van der Waals surface area contributed by atoms with Gasteiger partial charge in [-0.1, -0.05) is 97.1 Å². The summed E-state index contributed by atoms with van der Waals surface area (Å²) in [7, 11) is 0. The predicted octanol–water partition coefficient (Wildman–Crippen LogP) is 7.80. The Balaban J connectivity index is 1.59. The quantitative estimate of drug-likeness (QED) is 0.254. The lowest BCUT2D eigenvalue weighted by Crippen LogP contribution is -2.06. The van der Waals surface area contributed by atoms with Crippen LogP contribution in [0.1, 0.15) is 0 Å². The number of fused-ring (bicyclic) bond motifs is 2. The molecule has 0 fully saturated rings. The van der Waals surface area contributed by atoms with Crippen LogP contribution >= 0.6 is 11.3 Å². The van der Waals surface area contributed by atoms with Crippen molar-refractivity contribution in [1.29, 1.82) is 0 Å². The topological polar surface area (TPSA) is 82.8 Å². The number of thiophene rings is 1. The number of benzene rings is 4. The van der Waals surface area contributed by atoms with E-state index in [-0.39, 0.29) is 0 Å². The third-order valence-corrected chi connectivity index (χ3v) is 7.83. The van der Waals surface area contributed by atoms with Crippen molar-refractivity contribution in [3.05, 3.63) is 115 Å². The summed E-state index contributed by atoms with van der Waals surface area (Å²) in [4.78, 5) is 10.2. The molecule has 3 heterocycles. The van der Waals surface area contributed by atoms with Crippen LogP contribution in [0.5, 0.6) is 0 Å². The summed E-state index contributed by atoms with van der Waals surface area (Å²) in [5.74, 6) is 0.544. The molecule has 0 atom stereocenters. The fraction of sp³-hybridized carbons (Fsp3) is 0. The van der Waals surface area contributed by atoms with E-state index in [2.05, 4.69) is 47.0 Å². The molecular weight excluding hydrogens is 486 g/mol. The largest absolute Gasteiger partial charge is 0.396 e. The first-order valence-electron chi connectivity index (χ1n) is 12.4. The van der Waals surface area contributed by atoms with Crippen molar-refractivity contribution in [2.45, 2.75) is 0 Å². The third-order valence-electron chi connectivity index (χ3n) is 6.83. The van der Waals surface area contributed by atoms with E-state index in [1.807, 2.05) is 72.8 Å². The van der Waals surface area contributed by atoms with Gasteiger partial charge in [0.2, 0.25) is 5.95 Å². The highest BCUT2D eigenvalue weighted by molar-refractivity contribution is 7.23. The predicted molar refractivity (Wildman–Crippen MR) is 159 cm³/mol. The van der Waals surface area contributed by atoms with Crippen molar-refractivity contribution < 1.29 is 0 Å². The van der Waals surface area contributed by atoms with Gasteiger partial charge >= 0.3 is 0 Å². The van der Waals surface area contributed by atoms with Gasteiger partial charge in [-0.15, -0.1) is 11.3 Å². The maximum absolute atomic E-state index is 6.90. The van der Waals surface area contributed by atoms with Crippen LogP contribution in [0.15, 0.2) is 115 Å². The Morgan fingerprint density at radius 3 is 1.82 bits per heavy atom. The van der Waals surface area contributed by atoms with Crippen LogP contribution in [0.25, 0.3) is 60.7 Å². The summed E-state index contributed by atoms with van der Waals surface area (Å²) >= 11 is 1.56. The van der Waals surface area contributed by atoms with E-state index in [1.165, 1.54) is 0 Å². The maximum Gasteiger partial charge on any atom is 0.235 e. The van der Waals surface area contributed by atoms with Crippen LogP contribution in [0.4, 0.5) is 10.7 Å². The minimum absolute atomic E-state index is 0.544. The molecule has 182 valence electrons. The van der Waals surface area contributed by atoms with Crippen molar-refractivity contribution in [2.24, 2.45) is 0 Å². The molecule has 0 aliphatic heterocycles. The van der Waals surface area contributed by atoms with Crippen molar-refractivity contribution in [3.8, 4) is 39.7 Å². The van der Waals surface area contributed by atoms with Gasteiger partial charge in [-0.25, -0.2) is 9.97 Å². The lowest BCUT2D eigenvalue weighted by Gasteiger charge is -2.14. The van der Waals surface area contributed by atoms with E-state index in [0.29, 0.717) is 16.6 Å². The van der Waals surface area contributed by atoms with Gasteiger partial charge in [0.25, 0.3) is 0 Å². The Hall–Kier alpha value is -4.94. The monoisotopic (exact) mass is 509 g/mol. The fourth-order valence-corrected chi connectivity index (χ4v) is 6.05. The van der Waals surface area contributed by atoms with Gasteiger partial charge < -0.3 is 11.5 Å². The maximum atomic E-state index is 6.90. The zero-order valence-corrected chi connectivity index (χ0v) is 21.2. The molecule has 4 aromatic carbocycles. The Morgan fingerprint density at radius 2 is 1.16 bits per heavy atom. The molecule has 0 amide bonds. The van der Waals surface area contributed by atoms with E-state index >= 15 is 0 Å². The van der Waals surface area contributed by atoms with Crippen molar-refractivity contribution in [2.75, 3.05) is 11.5 Å². The van der Waals surface area contributed by atoms with Crippen LogP contribution in [-0.2, 0) is 0 Å². The Labute approximate surface area is 223 Å². The molecule has 0 aliphatic rings. The molecular formula is C32H23N5S. The number of anilines is 2. The summed E-state index contributed by atoms with van der Waals surface area (Å²) in [5, 5.41) is 2.71. The van der Waals surface area contributed by atoms with Crippen LogP contribution < -0.4 is 11.5 Å². The average Bonchev–Trinajstić information content (AvgIpc) is 3.46. The van der Waals surface area contributed by atoms with Crippen molar-refractivity contribution >= 4 is 43.0 Å².